The summed E-state index contributed by atoms with van der Waals surface area (Å²) in [5.41, 5.74) is 6.97. The van der Waals surface area contributed by atoms with E-state index in [9.17, 15) is 4.39 Å². The maximum atomic E-state index is 13.6. The third kappa shape index (κ3) is 2.41. The van der Waals surface area contributed by atoms with E-state index < -0.39 is 11.1 Å². The molecule has 6 nitrogen and oxygen atoms in total. The minimum absolute atomic E-state index is 0.150. The van der Waals surface area contributed by atoms with Gasteiger partial charge in [-0.05, 0) is 43.5 Å². The van der Waals surface area contributed by atoms with Crippen LogP contribution in [-0.2, 0) is 15.0 Å². The minimum Gasteiger partial charge on any atom is -0.484 e. The zero-order chi connectivity index (χ0) is 18.6. The summed E-state index contributed by atoms with van der Waals surface area (Å²) in [6.45, 7) is 2.99. The molecule has 2 N–H and O–H groups in total. The Kier molecular flexibility index (Phi) is 3.46. The molecule has 3 aliphatic heterocycles. The summed E-state index contributed by atoms with van der Waals surface area (Å²) in [4.78, 5) is 8.63. The predicted octanol–water partition coefficient (Wildman–Crippen LogP) is 2.76. The molecular weight excluding hydrogens is 349 g/mol. The van der Waals surface area contributed by atoms with Crippen molar-refractivity contribution < 1.29 is 18.6 Å². The Morgan fingerprint density at radius 1 is 1.22 bits per heavy atom. The van der Waals surface area contributed by atoms with E-state index in [0.29, 0.717) is 18.8 Å². The average Bonchev–Trinajstić information content (AvgIpc) is 3.04. The van der Waals surface area contributed by atoms with Crippen LogP contribution in [0.15, 0.2) is 41.7 Å². The van der Waals surface area contributed by atoms with Crippen LogP contribution in [0, 0.1) is 5.82 Å². The third-order valence-corrected chi connectivity index (χ3v) is 5.67. The number of amidine groups is 1. The standard InChI is InChI=1S/C20H20FN3O3/c1-19-5-2-6-25-17(19)20(11-26-18(22)24-20)15-8-12(3-4-16(15)27-19)13-7-14(21)10-23-9-13/h3-4,7-10,17H,2,5-6,11H2,1H3,(H2,22,24)/t17-,19?,20-/m0/s1. The Morgan fingerprint density at radius 3 is 2.89 bits per heavy atom. The van der Waals surface area contributed by atoms with Gasteiger partial charge in [0.25, 0.3) is 6.02 Å². The molecule has 1 unspecified atom stereocenters. The van der Waals surface area contributed by atoms with Gasteiger partial charge in [-0.25, -0.2) is 9.38 Å². The van der Waals surface area contributed by atoms with Crippen molar-refractivity contribution in [2.45, 2.75) is 37.0 Å². The van der Waals surface area contributed by atoms with Crippen molar-refractivity contribution in [2.75, 3.05) is 13.2 Å². The van der Waals surface area contributed by atoms with E-state index in [4.69, 9.17) is 19.9 Å². The lowest BCUT2D eigenvalue weighted by Crippen LogP contribution is -2.62. The quantitative estimate of drug-likeness (QED) is 0.836. The number of pyridine rings is 1. The first kappa shape index (κ1) is 16.5. The molecule has 1 aromatic carbocycles. The molecule has 0 bridgehead atoms. The van der Waals surface area contributed by atoms with E-state index in [-0.39, 0.29) is 17.9 Å². The highest BCUT2D eigenvalue weighted by Gasteiger charge is 2.60. The van der Waals surface area contributed by atoms with Gasteiger partial charge >= 0.3 is 0 Å². The molecule has 5 rings (SSSR count). The van der Waals surface area contributed by atoms with E-state index in [0.717, 1.165) is 29.7 Å². The van der Waals surface area contributed by atoms with Crippen LogP contribution in [0.25, 0.3) is 11.1 Å². The van der Waals surface area contributed by atoms with Gasteiger partial charge in [0.05, 0.1) is 6.20 Å². The van der Waals surface area contributed by atoms with Crippen molar-refractivity contribution in [1.82, 2.24) is 4.98 Å². The van der Waals surface area contributed by atoms with Crippen LogP contribution in [0.5, 0.6) is 5.75 Å². The third-order valence-electron chi connectivity index (χ3n) is 5.67. The molecule has 140 valence electrons. The van der Waals surface area contributed by atoms with Gasteiger partial charge in [0.2, 0.25) is 0 Å². The highest BCUT2D eigenvalue weighted by atomic mass is 19.1. The maximum absolute atomic E-state index is 13.6. The van der Waals surface area contributed by atoms with Crippen LogP contribution < -0.4 is 10.5 Å². The average molecular weight is 369 g/mol. The summed E-state index contributed by atoms with van der Waals surface area (Å²) in [6, 6.07) is 7.36. The number of aliphatic imine (C=N–C) groups is 1. The topological polar surface area (TPSA) is 79.0 Å². The normalized spacial score (nSPS) is 31.5. The molecule has 0 aliphatic carbocycles. The fourth-order valence-corrected chi connectivity index (χ4v) is 4.50. The highest BCUT2D eigenvalue weighted by Crippen LogP contribution is 2.52. The first-order chi connectivity index (χ1) is 13.0. The van der Waals surface area contributed by atoms with Crippen molar-refractivity contribution in [2.24, 2.45) is 10.7 Å². The van der Waals surface area contributed by atoms with E-state index in [2.05, 4.69) is 16.9 Å². The molecule has 3 aliphatic rings. The summed E-state index contributed by atoms with van der Waals surface area (Å²) in [7, 11) is 0. The van der Waals surface area contributed by atoms with E-state index in [1.807, 2.05) is 18.2 Å². The number of halogens is 1. The molecule has 7 heteroatoms. The Morgan fingerprint density at radius 2 is 2.11 bits per heavy atom. The van der Waals surface area contributed by atoms with Crippen LogP contribution in [-0.4, -0.2) is 35.9 Å². The van der Waals surface area contributed by atoms with Crippen molar-refractivity contribution in [3.63, 3.8) is 0 Å². The Hall–Kier alpha value is -2.67. The number of aromatic nitrogens is 1. The number of fused-ring (bicyclic) bond motifs is 4. The van der Waals surface area contributed by atoms with Crippen molar-refractivity contribution in [3.8, 4) is 16.9 Å². The zero-order valence-electron chi connectivity index (χ0n) is 14.9. The summed E-state index contributed by atoms with van der Waals surface area (Å²) >= 11 is 0. The van der Waals surface area contributed by atoms with Gasteiger partial charge < -0.3 is 19.9 Å². The second kappa shape index (κ2) is 5.66. The molecule has 1 fully saturated rings. The summed E-state index contributed by atoms with van der Waals surface area (Å²) in [5.74, 6) is 0.347. The second-order valence-electron chi connectivity index (χ2n) is 7.53. The number of ether oxygens (including phenoxy) is 3. The van der Waals surface area contributed by atoms with Gasteiger partial charge in [-0.1, -0.05) is 6.07 Å². The molecule has 0 amide bonds. The van der Waals surface area contributed by atoms with Gasteiger partial charge in [0, 0.05) is 23.9 Å². The van der Waals surface area contributed by atoms with Gasteiger partial charge in [-0.3, -0.25) is 4.98 Å². The molecular formula is C20H20FN3O3. The number of rotatable bonds is 1. The molecule has 1 aromatic heterocycles. The smallest absolute Gasteiger partial charge is 0.283 e. The predicted molar refractivity (Wildman–Crippen MR) is 96.9 cm³/mol. The first-order valence-electron chi connectivity index (χ1n) is 9.04. The number of hydrogen-bond acceptors (Lipinski definition) is 6. The molecule has 0 radical (unpaired) electrons. The van der Waals surface area contributed by atoms with Crippen LogP contribution in [0.2, 0.25) is 0 Å². The van der Waals surface area contributed by atoms with Crippen molar-refractivity contribution in [3.05, 3.63) is 48.0 Å². The fourth-order valence-electron chi connectivity index (χ4n) is 4.50. The van der Waals surface area contributed by atoms with Gasteiger partial charge in [0.1, 0.15) is 29.9 Å². The van der Waals surface area contributed by atoms with Crippen LogP contribution in [0.4, 0.5) is 4.39 Å². The van der Waals surface area contributed by atoms with Gasteiger partial charge in [-0.2, -0.15) is 0 Å². The van der Waals surface area contributed by atoms with Crippen LogP contribution >= 0.6 is 0 Å². The summed E-state index contributed by atoms with van der Waals surface area (Å²) < 4.78 is 31.8. The fraction of sp³-hybridized carbons (Fsp3) is 0.400. The molecule has 1 spiro atoms. The largest absolute Gasteiger partial charge is 0.484 e. The number of nitrogens with two attached hydrogens (primary N) is 1. The van der Waals surface area contributed by atoms with Crippen molar-refractivity contribution in [1.29, 1.82) is 0 Å². The number of nitrogens with zero attached hydrogens (tertiary/aromatic N) is 2. The molecule has 0 saturated carbocycles. The maximum Gasteiger partial charge on any atom is 0.283 e. The van der Waals surface area contributed by atoms with E-state index >= 15 is 0 Å². The van der Waals surface area contributed by atoms with E-state index in [1.54, 1.807) is 6.20 Å². The first-order valence-corrected chi connectivity index (χ1v) is 9.04. The molecule has 1 saturated heterocycles. The Labute approximate surface area is 156 Å². The molecule has 3 atom stereocenters. The number of hydrogen-bond donors (Lipinski definition) is 1. The van der Waals surface area contributed by atoms with Gasteiger partial charge in [-0.15, -0.1) is 0 Å². The van der Waals surface area contributed by atoms with Crippen molar-refractivity contribution >= 4 is 6.02 Å². The lowest BCUT2D eigenvalue weighted by Gasteiger charge is -2.51. The van der Waals surface area contributed by atoms with Crippen LogP contribution in [0.3, 0.4) is 0 Å². The lowest BCUT2D eigenvalue weighted by molar-refractivity contribution is -0.167. The molecule has 4 heterocycles. The zero-order valence-corrected chi connectivity index (χ0v) is 14.9. The molecule has 2 aromatic rings. The van der Waals surface area contributed by atoms with Gasteiger partial charge in [0.15, 0.2) is 5.54 Å². The second-order valence-corrected chi connectivity index (χ2v) is 7.53. The lowest BCUT2D eigenvalue weighted by atomic mass is 9.72. The van der Waals surface area contributed by atoms with Crippen LogP contribution in [0.1, 0.15) is 25.3 Å². The van der Waals surface area contributed by atoms with E-state index in [1.165, 1.54) is 12.3 Å². The Balaban J connectivity index is 1.70. The monoisotopic (exact) mass is 369 g/mol. The summed E-state index contributed by atoms with van der Waals surface area (Å²) in [5, 5.41) is 0. The summed E-state index contributed by atoms with van der Waals surface area (Å²) in [6.07, 6.45) is 4.29. The SMILES string of the molecule is CC12CCCO[C@@H]1[C@]1(COC(N)=N1)c1cc(-c3cncc(F)c3)ccc1O2. The Bertz CT molecular complexity index is 950. The minimum atomic E-state index is -0.774. The highest BCUT2D eigenvalue weighted by molar-refractivity contribution is 5.75. The number of benzene rings is 1. The molecule has 27 heavy (non-hydrogen) atoms.